The molecule has 0 aromatic heterocycles. The van der Waals surface area contributed by atoms with E-state index in [2.05, 4.69) is 16.0 Å². The van der Waals surface area contributed by atoms with Crippen molar-refractivity contribution in [2.45, 2.75) is 11.3 Å². The molecule has 9 nitrogen and oxygen atoms in total. The van der Waals surface area contributed by atoms with E-state index in [-0.39, 0.29) is 34.0 Å². The summed E-state index contributed by atoms with van der Waals surface area (Å²) in [5.41, 5.74) is 2.28. The molecule has 0 fully saturated rings. The van der Waals surface area contributed by atoms with Gasteiger partial charge in [-0.3, -0.25) is 18.9 Å². The minimum Gasteiger partial charge on any atom is -0.326 e. The first kappa shape index (κ1) is 30.2. The van der Waals surface area contributed by atoms with E-state index in [0.29, 0.717) is 22.1 Å². The second-order valence-electron chi connectivity index (χ2n) is 10.6. The Morgan fingerprint density at radius 1 is 0.565 bits per heavy atom. The molecule has 0 aliphatic carbocycles. The van der Waals surface area contributed by atoms with Crippen LogP contribution in [0.5, 0.6) is 0 Å². The fourth-order valence-electron chi connectivity index (χ4n) is 5.20. The number of carbonyl (C=O) groups is 3. The van der Waals surface area contributed by atoms with Crippen molar-refractivity contribution in [3.8, 4) is 0 Å². The lowest BCUT2D eigenvalue weighted by Crippen LogP contribution is -2.19. The molecule has 4 N–H and O–H groups in total. The van der Waals surface area contributed by atoms with Gasteiger partial charge in [-0.1, -0.05) is 84.9 Å². The van der Waals surface area contributed by atoms with E-state index in [1.807, 2.05) is 66.7 Å². The zero-order valence-corrected chi connectivity index (χ0v) is 25.0. The summed E-state index contributed by atoms with van der Waals surface area (Å²) in [6, 6.07) is 35.7. The van der Waals surface area contributed by atoms with Gasteiger partial charge in [-0.05, 0) is 58.8 Å². The van der Waals surface area contributed by atoms with Crippen molar-refractivity contribution < 1.29 is 27.4 Å². The third kappa shape index (κ3) is 6.78. The summed E-state index contributed by atoms with van der Waals surface area (Å²) in [5.74, 6) is -1.37. The Balaban J connectivity index is 1.33. The van der Waals surface area contributed by atoms with Gasteiger partial charge < -0.3 is 16.0 Å². The molecular formula is C36H27N3O6S. The van der Waals surface area contributed by atoms with E-state index in [4.69, 9.17) is 0 Å². The van der Waals surface area contributed by atoms with Gasteiger partial charge in [0.15, 0.2) is 0 Å². The van der Waals surface area contributed by atoms with Crippen molar-refractivity contribution in [3.63, 3.8) is 0 Å². The molecule has 10 heteroatoms. The first-order valence-corrected chi connectivity index (χ1v) is 15.7. The number of hydrogen-bond donors (Lipinski definition) is 4. The molecule has 6 aromatic rings. The molecule has 0 saturated heterocycles. The summed E-state index contributed by atoms with van der Waals surface area (Å²) in [6.45, 7) is 0. The first-order chi connectivity index (χ1) is 22.1. The topological polar surface area (TPSA) is 142 Å². The average molecular weight is 630 g/mol. The molecule has 0 unspecified atom stereocenters. The summed E-state index contributed by atoms with van der Waals surface area (Å²) in [6.07, 6.45) is 0.0936. The van der Waals surface area contributed by atoms with E-state index in [1.54, 1.807) is 24.3 Å². The van der Waals surface area contributed by atoms with E-state index in [9.17, 15) is 27.4 Å². The Kier molecular flexibility index (Phi) is 8.30. The van der Waals surface area contributed by atoms with Gasteiger partial charge >= 0.3 is 0 Å². The largest absolute Gasteiger partial charge is 0.326 e. The van der Waals surface area contributed by atoms with Gasteiger partial charge in [0, 0.05) is 39.0 Å². The number of benzene rings is 6. The maximum atomic E-state index is 13.6. The number of hydrogen-bond acceptors (Lipinski definition) is 5. The SMILES string of the molecule is O=C(Cc1ccccc1)Nc1cc(C(=O)Nc2cccc3ccccc23)cc(C(=O)Nc2cccc3cc(S(=O)(=O)O)ccc23)c1. The van der Waals surface area contributed by atoms with E-state index in [0.717, 1.165) is 16.3 Å². The zero-order chi connectivity index (χ0) is 32.3. The average Bonchev–Trinajstić information content (AvgIpc) is 3.04. The molecule has 6 aromatic carbocycles. The quantitative estimate of drug-likeness (QED) is 0.135. The highest BCUT2D eigenvalue weighted by Crippen LogP contribution is 2.28. The fraction of sp³-hybridized carbons (Fsp3) is 0.0278. The standard InChI is InChI=1S/C36H27N3O6S/c40-34(18-23-8-2-1-3-9-23)37-28-20-26(35(41)38-32-14-6-11-24-10-4-5-13-30(24)32)19-27(21-28)36(42)39-33-15-7-12-25-22-29(46(43,44)45)16-17-31(25)33/h1-17,19-22H,18H2,(H,37,40)(H,38,41)(H,39,42)(H,43,44,45). The summed E-state index contributed by atoms with van der Waals surface area (Å²) < 4.78 is 32.7. The molecule has 0 atom stereocenters. The minimum absolute atomic E-state index is 0.0936. The second kappa shape index (κ2) is 12.6. The smallest absolute Gasteiger partial charge is 0.294 e. The van der Waals surface area contributed by atoms with Crippen LogP contribution < -0.4 is 16.0 Å². The van der Waals surface area contributed by atoms with Crippen LogP contribution in [-0.4, -0.2) is 30.7 Å². The second-order valence-corrected chi connectivity index (χ2v) is 12.0. The van der Waals surface area contributed by atoms with Crippen LogP contribution in [0.4, 0.5) is 17.1 Å². The third-order valence-corrected chi connectivity index (χ3v) is 8.23. The maximum Gasteiger partial charge on any atom is 0.294 e. The number of rotatable bonds is 8. The highest BCUT2D eigenvalue weighted by molar-refractivity contribution is 7.85. The molecule has 6 rings (SSSR count). The number of nitrogens with one attached hydrogen (secondary N) is 3. The monoisotopic (exact) mass is 629 g/mol. The van der Waals surface area contributed by atoms with Gasteiger partial charge in [0.25, 0.3) is 21.9 Å². The lowest BCUT2D eigenvalue weighted by Gasteiger charge is -2.14. The number of anilines is 3. The summed E-state index contributed by atoms with van der Waals surface area (Å²) in [7, 11) is -4.42. The van der Waals surface area contributed by atoms with Crippen LogP contribution >= 0.6 is 0 Å². The number of amides is 3. The Bertz CT molecular complexity index is 2250. The zero-order valence-electron chi connectivity index (χ0n) is 24.2. The Morgan fingerprint density at radius 2 is 1.13 bits per heavy atom. The van der Waals surface area contributed by atoms with Crippen molar-refractivity contribution >= 4 is 66.4 Å². The lowest BCUT2D eigenvalue weighted by molar-refractivity contribution is -0.115. The number of carbonyl (C=O) groups excluding carboxylic acids is 3. The van der Waals surface area contributed by atoms with Crippen LogP contribution in [0.2, 0.25) is 0 Å². The minimum atomic E-state index is -4.42. The fourth-order valence-corrected chi connectivity index (χ4v) is 5.72. The van der Waals surface area contributed by atoms with Crippen LogP contribution in [0.1, 0.15) is 26.3 Å². The summed E-state index contributed by atoms with van der Waals surface area (Å²) in [5, 5.41) is 11.4. The summed E-state index contributed by atoms with van der Waals surface area (Å²) >= 11 is 0. The lowest BCUT2D eigenvalue weighted by atomic mass is 10.0. The van der Waals surface area contributed by atoms with Gasteiger partial charge in [0.05, 0.1) is 11.3 Å². The molecule has 3 amide bonds. The van der Waals surface area contributed by atoms with Crippen molar-refractivity contribution in [3.05, 3.63) is 144 Å². The molecule has 0 aliphatic heterocycles. The van der Waals surface area contributed by atoms with Crippen molar-refractivity contribution in [1.82, 2.24) is 0 Å². The maximum absolute atomic E-state index is 13.6. The van der Waals surface area contributed by atoms with Crippen LogP contribution in [0.15, 0.2) is 132 Å². The van der Waals surface area contributed by atoms with Crippen LogP contribution in [0.3, 0.4) is 0 Å². The normalized spacial score (nSPS) is 11.2. The predicted octanol–water partition coefficient (Wildman–Crippen LogP) is 6.93. The molecule has 0 spiro atoms. The van der Waals surface area contributed by atoms with E-state index >= 15 is 0 Å². The predicted molar refractivity (Wildman–Crippen MR) is 179 cm³/mol. The molecular weight excluding hydrogens is 602 g/mol. The van der Waals surface area contributed by atoms with E-state index < -0.39 is 21.9 Å². The van der Waals surface area contributed by atoms with Crippen molar-refractivity contribution in [2.75, 3.05) is 16.0 Å². The highest BCUT2D eigenvalue weighted by Gasteiger charge is 2.18. The van der Waals surface area contributed by atoms with Gasteiger partial charge in [0.1, 0.15) is 0 Å². The highest BCUT2D eigenvalue weighted by atomic mass is 32.2. The Labute approximate surface area is 264 Å². The van der Waals surface area contributed by atoms with Gasteiger partial charge in [0.2, 0.25) is 5.91 Å². The van der Waals surface area contributed by atoms with Crippen molar-refractivity contribution in [2.24, 2.45) is 0 Å². The molecule has 0 heterocycles. The molecule has 0 radical (unpaired) electrons. The first-order valence-electron chi connectivity index (χ1n) is 14.2. The molecule has 228 valence electrons. The van der Waals surface area contributed by atoms with Crippen molar-refractivity contribution in [1.29, 1.82) is 0 Å². The molecule has 0 bridgehead atoms. The van der Waals surface area contributed by atoms with Crippen LogP contribution in [-0.2, 0) is 21.3 Å². The van der Waals surface area contributed by atoms with Crippen LogP contribution in [0, 0.1) is 0 Å². The summed E-state index contributed by atoms with van der Waals surface area (Å²) in [4.78, 5) is 39.9. The molecule has 0 saturated carbocycles. The molecule has 0 aliphatic rings. The van der Waals surface area contributed by atoms with E-state index in [1.165, 1.54) is 36.4 Å². The Morgan fingerprint density at radius 3 is 1.78 bits per heavy atom. The number of fused-ring (bicyclic) bond motifs is 2. The Hall–Kier alpha value is -5.84. The third-order valence-electron chi connectivity index (χ3n) is 7.38. The van der Waals surface area contributed by atoms with Gasteiger partial charge in [-0.25, -0.2) is 0 Å². The van der Waals surface area contributed by atoms with Gasteiger partial charge in [-0.15, -0.1) is 0 Å². The molecule has 46 heavy (non-hydrogen) atoms. The van der Waals surface area contributed by atoms with Gasteiger partial charge in [-0.2, -0.15) is 8.42 Å². The van der Waals surface area contributed by atoms with Crippen LogP contribution in [0.25, 0.3) is 21.5 Å².